The molecule has 1 fully saturated rings. The van der Waals surface area contributed by atoms with E-state index in [1.54, 1.807) is 6.07 Å². The second kappa shape index (κ2) is 8.92. The summed E-state index contributed by atoms with van der Waals surface area (Å²) >= 11 is 0. The van der Waals surface area contributed by atoms with Crippen molar-refractivity contribution in [3.8, 4) is 6.07 Å². The molecule has 1 aromatic carbocycles. The van der Waals surface area contributed by atoms with Crippen LogP contribution in [-0.2, 0) is 25.5 Å². The smallest absolute Gasteiger partial charge is 0.377 e. The van der Waals surface area contributed by atoms with Gasteiger partial charge in [-0.2, -0.15) is 18.4 Å². The number of amides is 1. The Kier molecular flexibility index (Phi) is 7.06. The molecule has 0 spiro atoms. The number of alkyl halides is 3. The summed E-state index contributed by atoms with van der Waals surface area (Å²) in [5, 5.41) is 9.79. The Bertz CT molecular complexity index is 849. The van der Waals surface area contributed by atoms with Gasteiger partial charge in [-0.25, -0.2) is 8.42 Å². The molecule has 1 amide bonds. The third-order valence-corrected chi connectivity index (χ3v) is 6.84. The minimum atomic E-state index is -4.82. The Hall–Kier alpha value is -2.12. The van der Waals surface area contributed by atoms with Gasteiger partial charge < -0.3 is 10.1 Å². The molecule has 0 radical (unpaired) electrons. The topological polar surface area (TPSA) is 96.3 Å². The quantitative estimate of drug-likeness (QED) is 0.687. The molecule has 1 aliphatic carbocycles. The van der Waals surface area contributed by atoms with Crippen LogP contribution in [0.25, 0.3) is 0 Å². The summed E-state index contributed by atoms with van der Waals surface area (Å²) in [6.07, 6.45) is -5.17. The molecule has 3 atom stereocenters. The van der Waals surface area contributed by atoms with Crippen molar-refractivity contribution < 1.29 is 31.1 Å². The number of hydrogen-bond donors (Lipinski definition) is 1. The van der Waals surface area contributed by atoms with Crippen LogP contribution in [-0.4, -0.2) is 38.8 Å². The number of benzene rings is 1. The molecule has 0 bridgehead atoms. The Balaban J connectivity index is 2.34. The number of carbonyl (C=O) groups is 1. The van der Waals surface area contributed by atoms with E-state index in [4.69, 9.17) is 10.00 Å². The number of sulfone groups is 1. The van der Waals surface area contributed by atoms with Gasteiger partial charge in [0.1, 0.15) is 6.54 Å². The SMILES string of the molecule is CCCOC1C[C@@H](S(=O)(=O)c2ccccc2C(F)(F)F)C[C@@H]1C(=O)NCC#N. The number of nitrogens with one attached hydrogen (secondary N) is 1. The van der Waals surface area contributed by atoms with Crippen molar-refractivity contribution in [3.63, 3.8) is 0 Å². The predicted molar refractivity (Wildman–Crippen MR) is 93.8 cm³/mol. The number of rotatable bonds is 7. The second-order valence-electron chi connectivity index (χ2n) is 6.52. The van der Waals surface area contributed by atoms with Crippen LogP contribution in [0.5, 0.6) is 0 Å². The standard InChI is InChI=1S/C18H21F3N2O4S/c1-2-9-27-15-11-12(10-13(15)17(24)23-8-7-22)28(25,26)16-6-4-3-5-14(16)18(19,20)21/h3-6,12-13,15H,2,8-11H2,1H3,(H,23,24)/t12-,13-,15?/m0/s1. The summed E-state index contributed by atoms with van der Waals surface area (Å²) in [4.78, 5) is 11.5. The lowest BCUT2D eigenvalue weighted by atomic mass is 10.1. The van der Waals surface area contributed by atoms with Gasteiger partial charge in [-0.15, -0.1) is 0 Å². The van der Waals surface area contributed by atoms with Crippen LogP contribution in [0.1, 0.15) is 31.7 Å². The first-order valence-electron chi connectivity index (χ1n) is 8.79. The first-order valence-corrected chi connectivity index (χ1v) is 10.3. The first kappa shape index (κ1) is 22.2. The third-order valence-electron chi connectivity index (χ3n) is 4.61. The Morgan fingerprint density at radius 2 is 2.00 bits per heavy atom. The van der Waals surface area contributed by atoms with E-state index in [2.05, 4.69) is 5.32 Å². The van der Waals surface area contributed by atoms with Crippen molar-refractivity contribution in [1.82, 2.24) is 5.32 Å². The second-order valence-corrected chi connectivity index (χ2v) is 8.72. The largest absolute Gasteiger partial charge is 0.417 e. The third kappa shape index (κ3) is 4.83. The molecule has 2 rings (SSSR count). The lowest BCUT2D eigenvalue weighted by molar-refractivity contribution is -0.139. The van der Waals surface area contributed by atoms with Crippen molar-refractivity contribution in [2.24, 2.45) is 5.92 Å². The summed E-state index contributed by atoms with van der Waals surface area (Å²) in [5.74, 6) is -1.39. The summed E-state index contributed by atoms with van der Waals surface area (Å²) in [6, 6.07) is 5.78. The van der Waals surface area contributed by atoms with Crippen molar-refractivity contribution in [1.29, 1.82) is 5.26 Å². The molecule has 0 aromatic heterocycles. The maximum atomic E-state index is 13.3. The molecule has 1 saturated carbocycles. The van der Waals surface area contributed by atoms with Crippen LogP contribution in [0.4, 0.5) is 13.2 Å². The summed E-state index contributed by atoms with van der Waals surface area (Å²) in [7, 11) is -4.34. The zero-order valence-corrected chi connectivity index (χ0v) is 16.0. The molecular formula is C18H21F3N2O4S. The van der Waals surface area contributed by atoms with E-state index in [1.165, 1.54) is 6.07 Å². The van der Waals surface area contributed by atoms with Crippen LogP contribution in [0, 0.1) is 17.2 Å². The van der Waals surface area contributed by atoms with Crippen LogP contribution < -0.4 is 5.32 Å². The highest BCUT2D eigenvalue weighted by molar-refractivity contribution is 7.92. The van der Waals surface area contributed by atoms with Crippen molar-refractivity contribution >= 4 is 15.7 Å². The Morgan fingerprint density at radius 3 is 2.61 bits per heavy atom. The fourth-order valence-corrected chi connectivity index (χ4v) is 5.34. The van der Waals surface area contributed by atoms with E-state index < -0.39 is 49.7 Å². The lowest BCUT2D eigenvalue weighted by Gasteiger charge is -2.18. The predicted octanol–water partition coefficient (Wildman–Crippen LogP) is 2.69. The van der Waals surface area contributed by atoms with E-state index in [1.807, 2.05) is 6.92 Å². The van der Waals surface area contributed by atoms with Crippen LogP contribution in [0.2, 0.25) is 0 Å². The fraction of sp³-hybridized carbons (Fsp3) is 0.556. The first-order chi connectivity index (χ1) is 13.1. The molecule has 0 aliphatic heterocycles. The van der Waals surface area contributed by atoms with Crippen molar-refractivity contribution in [2.45, 2.75) is 48.6 Å². The van der Waals surface area contributed by atoms with Gasteiger partial charge in [0, 0.05) is 6.61 Å². The molecule has 0 heterocycles. The summed E-state index contributed by atoms with van der Waals surface area (Å²) in [6.45, 7) is 1.89. The molecule has 1 aliphatic rings. The highest BCUT2D eigenvalue weighted by Crippen LogP contribution is 2.40. The minimum Gasteiger partial charge on any atom is -0.377 e. The molecule has 0 saturated heterocycles. The Labute approximate surface area is 161 Å². The maximum absolute atomic E-state index is 13.3. The molecule has 154 valence electrons. The molecule has 1 unspecified atom stereocenters. The number of nitriles is 1. The highest BCUT2D eigenvalue weighted by atomic mass is 32.2. The van der Waals surface area contributed by atoms with E-state index in [9.17, 15) is 26.4 Å². The van der Waals surface area contributed by atoms with Crippen molar-refractivity contribution in [3.05, 3.63) is 29.8 Å². The highest BCUT2D eigenvalue weighted by Gasteiger charge is 2.47. The number of ether oxygens (including phenoxy) is 1. The van der Waals surface area contributed by atoms with Gasteiger partial charge in [0.15, 0.2) is 9.84 Å². The van der Waals surface area contributed by atoms with Gasteiger partial charge in [0.2, 0.25) is 5.91 Å². The normalized spacial score (nSPS) is 22.6. The van der Waals surface area contributed by atoms with Crippen molar-refractivity contribution in [2.75, 3.05) is 13.2 Å². The van der Waals surface area contributed by atoms with Crippen LogP contribution in [0.3, 0.4) is 0 Å². The molecule has 1 aromatic rings. The number of halogens is 3. The summed E-state index contributed by atoms with van der Waals surface area (Å²) in [5.41, 5.74) is -1.22. The lowest BCUT2D eigenvalue weighted by Crippen LogP contribution is -2.36. The monoisotopic (exact) mass is 418 g/mol. The molecule has 6 nitrogen and oxygen atoms in total. The molecule has 10 heteroatoms. The fourth-order valence-electron chi connectivity index (χ4n) is 3.32. The molecule has 28 heavy (non-hydrogen) atoms. The average Bonchev–Trinajstić information content (AvgIpc) is 3.09. The number of carbonyl (C=O) groups excluding carboxylic acids is 1. The van der Waals surface area contributed by atoms with Crippen LogP contribution >= 0.6 is 0 Å². The van der Waals surface area contributed by atoms with Gasteiger partial charge >= 0.3 is 6.18 Å². The van der Waals surface area contributed by atoms with E-state index in [0.29, 0.717) is 13.0 Å². The van der Waals surface area contributed by atoms with E-state index >= 15 is 0 Å². The number of hydrogen-bond acceptors (Lipinski definition) is 5. The van der Waals surface area contributed by atoms with Gasteiger partial charge in [-0.3, -0.25) is 4.79 Å². The van der Waals surface area contributed by atoms with Gasteiger partial charge in [0.05, 0.1) is 33.8 Å². The van der Waals surface area contributed by atoms with Crippen LogP contribution in [0.15, 0.2) is 29.2 Å². The van der Waals surface area contributed by atoms with E-state index in [0.717, 1.165) is 18.2 Å². The minimum absolute atomic E-state index is 0.0842. The van der Waals surface area contributed by atoms with Gasteiger partial charge in [-0.05, 0) is 31.4 Å². The molecular weight excluding hydrogens is 397 g/mol. The van der Waals surface area contributed by atoms with Gasteiger partial charge in [-0.1, -0.05) is 19.1 Å². The Morgan fingerprint density at radius 1 is 1.32 bits per heavy atom. The summed E-state index contributed by atoms with van der Waals surface area (Å²) < 4.78 is 71.3. The molecule has 1 N–H and O–H groups in total. The number of nitrogens with zero attached hydrogens (tertiary/aromatic N) is 1. The average molecular weight is 418 g/mol. The van der Waals surface area contributed by atoms with Gasteiger partial charge in [0.25, 0.3) is 0 Å². The maximum Gasteiger partial charge on any atom is 0.417 e. The zero-order chi connectivity index (χ0) is 20.9. The zero-order valence-electron chi connectivity index (χ0n) is 15.2. The van der Waals surface area contributed by atoms with E-state index in [-0.39, 0.29) is 19.4 Å².